The van der Waals surface area contributed by atoms with E-state index in [1.165, 1.54) is 0 Å². The van der Waals surface area contributed by atoms with Crippen LogP contribution in [0.1, 0.15) is 33.1 Å². The highest BCUT2D eigenvalue weighted by Crippen LogP contribution is 2.25. The van der Waals surface area contributed by atoms with Crippen molar-refractivity contribution in [2.75, 3.05) is 19.8 Å². The SMILES string of the molecule is CC1(C)CC(OCCCN)CCO1. The molecule has 1 heterocycles. The number of nitrogens with two attached hydrogens (primary N) is 1. The Morgan fingerprint density at radius 2 is 2.31 bits per heavy atom. The van der Waals surface area contributed by atoms with Crippen LogP contribution in [-0.2, 0) is 9.47 Å². The van der Waals surface area contributed by atoms with Gasteiger partial charge < -0.3 is 15.2 Å². The van der Waals surface area contributed by atoms with Crippen LogP contribution >= 0.6 is 0 Å². The van der Waals surface area contributed by atoms with E-state index in [4.69, 9.17) is 15.2 Å². The summed E-state index contributed by atoms with van der Waals surface area (Å²) < 4.78 is 11.3. The molecule has 0 aromatic carbocycles. The molecule has 1 aliphatic rings. The predicted molar refractivity (Wildman–Crippen MR) is 52.7 cm³/mol. The third kappa shape index (κ3) is 4.07. The van der Waals surface area contributed by atoms with Crippen molar-refractivity contribution in [3.63, 3.8) is 0 Å². The van der Waals surface area contributed by atoms with Crippen molar-refractivity contribution >= 4 is 0 Å². The first-order valence-corrected chi connectivity index (χ1v) is 5.10. The highest BCUT2D eigenvalue weighted by Gasteiger charge is 2.28. The molecule has 1 fully saturated rings. The van der Waals surface area contributed by atoms with E-state index in [1.54, 1.807) is 0 Å². The maximum Gasteiger partial charge on any atom is 0.0651 e. The van der Waals surface area contributed by atoms with Crippen LogP contribution in [0.4, 0.5) is 0 Å². The summed E-state index contributed by atoms with van der Waals surface area (Å²) in [5.74, 6) is 0. The minimum absolute atomic E-state index is 0.00830. The predicted octanol–water partition coefficient (Wildman–Crippen LogP) is 1.31. The lowest BCUT2D eigenvalue weighted by molar-refractivity contribution is -0.115. The molecule has 3 heteroatoms. The van der Waals surface area contributed by atoms with E-state index in [2.05, 4.69) is 13.8 Å². The molecule has 0 aromatic rings. The minimum Gasteiger partial charge on any atom is -0.378 e. The summed E-state index contributed by atoms with van der Waals surface area (Å²) in [4.78, 5) is 0. The molecule has 0 bridgehead atoms. The molecule has 13 heavy (non-hydrogen) atoms. The van der Waals surface area contributed by atoms with Crippen LogP contribution in [-0.4, -0.2) is 31.5 Å². The molecular formula is C10H21NO2. The Morgan fingerprint density at radius 3 is 2.92 bits per heavy atom. The van der Waals surface area contributed by atoms with E-state index < -0.39 is 0 Å². The molecule has 0 spiro atoms. The van der Waals surface area contributed by atoms with E-state index in [9.17, 15) is 0 Å². The van der Waals surface area contributed by atoms with Gasteiger partial charge in [0, 0.05) is 19.6 Å². The summed E-state index contributed by atoms with van der Waals surface area (Å²) in [5, 5.41) is 0. The topological polar surface area (TPSA) is 44.5 Å². The summed E-state index contributed by atoms with van der Waals surface area (Å²) in [6.07, 6.45) is 3.35. The molecule has 1 unspecified atom stereocenters. The zero-order valence-electron chi connectivity index (χ0n) is 8.71. The average Bonchev–Trinajstić information content (AvgIpc) is 2.03. The van der Waals surface area contributed by atoms with E-state index in [0.717, 1.165) is 32.5 Å². The number of hydrogen-bond donors (Lipinski definition) is 1. The maximum absolute atomic E-state index is 5.70. The zero-order valence-corrected chi connectivity index (χ0v) is 8.71. The second-order valence-corrected chi connectivity index (χ2v) is 4.24. The second kappa shape index (κ2) is 4.94. The monoisotopic (exact) mass is 187 g/mol. The van der Waals surface area contributed by atoms with Gasteiger partial charge in [0.1, 0.15) is 0 Å². The lowest BCUT2D eigenvalue weighted by atomic mass is 9.96. The molecule has 0 saturated carbocycles. The first kappa shape index (κ1) is 11.0. The van der Waals surface area contributed by atoms with E-state index in [1.807, 2.05) is 0 Å². The minimum atomic E-state index is -0.00830. The van der Waals surface area contributed by atoms with Gasteiger partial charge in [0.15, 0.2) is 0 Å². The zero-order chi connectivity index (χ0) is 9.73. The van der Waals surface area contributed by atoms with Gasteiger partial charge in [-0.2, -0.15) is 0 Å². The van der Waals surface area contributed by atoms with Crippen molar-refractivity contribution in [2.45, 2.75) is 44.8 Å². The van der Waals surface area contributed by atoms with Gasteiger partial charge in [0.05, 0.1) is 11.7 Å². The molecule has 1 atom stereocenters. The normalized spacial score (nSPS) is 27.5. The molecule has 0 aliphatic carbocycles. The average molecular weight is 187 g/mol. The van der Waals surface area contributed by atoms with Crippen molar-refractivity contribution < 1.29 is 9.47 Å². The van der Waals surface area contributed by atoms with Crippen molar-refractivity contribution in [3.8, 4) is 0 Å². The fourth-order valence-electron chi connectivity index (χ4n) is 1.65. The fourth-order valence-corrected chi connectivity index (χ4v) is 1.65. The summed E-state index contributed by atoms with van der Waals surface area (Å²) in [7, 11) is 0. The number of rotatable bonds is 4. The third-order valence-corrected chi connectivity index (χ3v) is 2.35. The Kier molecular flexibility index (Phi) is 4.16. The summed E-state index contributed by atoms with van der Waals surface area (Å²) in [6, 6.07) is 0. The molecular weight excluding hydrogens is 166 g/mol. The summed E-state index contributed by atoms with van der Waals surface area (Å²) >= 11 is 0. The molecule has 2 N–H and O–H groups in total. The second-order valence-electron chi connectivity index (χ2n) is 4.24. The Hall–Kier alpha value is -0.120. The third-order valence-electron chi connectivity index (χ3n) is 2.35. The van der Waals surface area contributed by atoms with Crippen LogP contribution in [0.25, 0.3) is 0 Å². The van der Waals surface area contributed by atoms with Crippen LogP contribution in [0.15, 0.2) is 0 Å². The number of ether oxygens (including phenoxy) is 2. The largest absolute Gasteiger partial charge is 0.378 e. The van der Waals surface area contributed by atoms with Gasteiger partial charge in [-0.1, -0.05) is 0 Å². The fraction of sp³-hybridized carbons (Fsp3) is 1.00. The Labute approximate surface area is 80.6 Å². The van der Waals surface area contributed by atoms with Crippen LogP contribution in [0, 0.1) is 0 Å². The molecule has 1 rings (SSSR count). The van der Waals surface area contributed by atoms with Crippen molar-refractivity contribution in [1.29, 1.82) is 0 Å². The van der Waals surface area contributed by atoms with Gasteiger partial charge in [0.25, 0.3) is 0 Å². The molecule has 0 aromatic heterocycles. The molecule has 1 aliphatic heterocycles. The molecule has 3 nitrogen and oxygen atoms in total. The Bertz CT molecular complexity index is 148. The molecule has 0 amide bonds. The lowest BCUT2D eigenvalue weighted by Crippen LogP contribution is -2.38. The summed E-state index contributed by atoms with van der Waals surface area (Å²) in [5.41, 5.74) is 5.38. The highest BCUT2D eigenvalue weighted by molar-refractivity contribution is 4.79. The van der Waals surface area contributed by atoms with E-state index >= 15 is 0 Å². The molecule has 78 valence electrons. The quantitative estimate of drug-likeness (QED) is 0.675. The molecule has 0 radical (unpaired) electrons. The van der Waals surface area contributed by atoms with Gasteiger partial charge in [-0.05, 0) is 33.2 Å². The van der Waals surface area contributed by atoms with Gasteiger partial charge >= 0.3 is 0 Å². The lowest BCUT2D eigenvalue weighted by Gasteiger charge is -2.35. The van der Waals surface area contributed by atoms with Crippen LogP contribution < -0.4 is 5.73 Å². The maximum atomic E-state index is 5.70. The Morgan fingerprint density at radius 1 is 1.54 bits per heavy atom. The number of hydrogen-bond acceptors (Lipinski definition) is 3. The van der Waals surface area contributed by atoms with Crippen molar-refractivity contribution in [1.82, 2.24) is 0 Å². The highest BCUT2D eigenvalue weighted by atomic mass is 16.5. The van der Waals surface area contributed by atoms with E-state index in [-0.39, 0.29) is 5.60 Å². The van der Waals surface area contributed by atoms with Gasteiger partial charge in [-0.15, -0.1) is 0 Å². The Balaban J connectivity index is 2.19. The summed E-state index contributed by atoms with van der Waals surface area (Å²) in [6.45, 7) is 6.56. The standard InChI is InChI=1S/C10H21NO2/c1-10(2)8-9(4-7-13-10)12-6-3-5-11/h9H,3-8,11H2,1-2H3. The van der Waals surface area contributed by atoms with Gasteiger partial charge in [0.2, 0.25) is 0 Å². The van der Waals surface area contributed by atoms with Gasteiger partial charge in [-0.3, -0.25) is 0 Å². The molecule has 1 saturated heterocycles. The smallest absolute Gasteiger partial charge is 0.0651 e. The van der Waals surface area contributed by atoms with Crippen LogP contribution in [0.2, 0.25) is 0 Å². The van der Waals surface area contributed by atoms with Crippen LogP contribution in [0.3, 0.4) is 0 Å². The van der Waals surface area contributed by atoms with Gasteiger partial charge in [-0.25, -0.2) is 0 Å². The van der Waals surface area contributed by atoms with Crippen molar-refractivity contribution in [3.05, 3.63) is 0 Å². The first-order chi connectivity index (χ1) is 6.14. The first-order valence-electron chi connectivity index (χ1n) is 5.10. The van der Waals surface area contributed by atoms with Crippen LogP contribution in [0.5, 0.6) is 0 Å². The van der Waals surface area contributed by atoms with E-state index in [0.29, 0.717) is 12.6 Å². The van der Waals surface area contributed by atoms with Crippen molar-refractivity contribution in [2.24, 2.45) is 5.73 Å².